The number of nitrogens with one attached hydrogen (secondary N) is 2. The topological polar surface area (TPSA) is 315 Å². The van der Waals surface area contributed by atoms with Crippen LogP contribution >= 0.6 is 13.4 Å². The number of hydrogen-bond acceptors (Lipinski definition) is 18. The van der Waals surface area contributed by atoms with Crippen molar-refractivity contribution in [2.24, 2.45) is 0 Å². The molecule has 22 nitrogen and oxygen atoms in total. The lowest BCUT2D eigenvalue weighted by atomic mass is 10.1. The van der Waals surface area contributed by atoms with Gasteiger partial charge < -0.3 is 50.0 Å². The van der Waals surface area contributed by atoms with Crippen molar-refractivity contribution in [2.45, 2.75) is 49.1 Å². The number of H-pyrrole nitrogens is 2. The number of nitrogens with two attached hydrogens (primary N) is 2. The molecule has 0 spiro atoms. The number of aliphatic hydroxyl groups is 2. The molecule has 46 heavy (non-hydrogen) atoms. The predicted octanol–water partition coefficient (Wildman–Crippen LogP) is -2.82. The Morgan fingerprint density at radius 1 is 0.783 bits per heavy atom. The van der Waals surface area contributed by atoms with Crippen molar-refractivity contribution in [2.75, 3.05) is 24.7 Å². The van der Waals surface area contributed by atoms with Gasteiger partial charge in [0, 0.05) is 0 Å². The zero-order valence-corrected chi connectivity index (χ0v) is 26.2. The van der Waals surface area contributed by atoms with Crippen LogP contribution in [-0.2, 0) is 51.2 Å². The fourth-order valence-corrected chi connectivity index (χ4v) is 8.28. The van der Waals surface area contributed by atoms with Gasteiger partial charge in [-0.1, -0.05) is 0 Å². The average Bonchev–Trinajstić information content (AvgIpc) is 3.72. The molecule has 3 aliphatic heterocycles. The number of aliphatic hydroxyl groups excluding tert-OH is 2. The van der Waals surface area contributed by atoms with E-state index in [4.69, 9.17) is 62.6 Å². The van der Waals surface area contributed by atoms with Crippen LogP contribution in [0.2, 0.25) is 0 Å². The van der Waals surface area contributed by atoms with Gasteiger partial charge in [0.25, 0.3) is 11.1 Å². The molecule has 10 atom stereocenters. The molecule has 0 bridgehead atoms. The van der Waals surface area contributed by atoms with Crippen molar-refractivity contribution in [3.05, 3.63) is 33.4 Å². The molecule has 4 aromatic rings. The summed E-state index contributed by atoms with van der Waals surface area (Å²) < 4.78 is 36.8. The summed E-state index contributed by atoms with van der Waals surface area (Å²) in [5.74, 6) is -0.440. The number of imidazole rings is 2. The van der Waals surface area contributed by atoms with E-state index in [1.54, 1.807) is 0 Å². The van der Waals surface area contributed by atoms with Crippen molar-refractivity contribution in [3.63, 3.8) is 0 Å². The summed E-state index contributed by atoms with van der Waals surface area (Å²) in [6.45, 7) is -9.57. The number of aromatic nitrogens is 8. The first-order valence-corrected chi connectivity index (χ1v) is 18.3. The van der Waals surface area contributed by atoms with Gasteiger partial charge in [0.1, 0.15) is 36.6 Å². The lowest BCUT2D eigenvalue weighted by molar-refractivity contribution is -0.0593. The van der Waals surface area contributed by atoms with Gasteiger partial charge in [-0.2, -0.15) is 9.97 Å². The van der Waals surface area contributed by atoms with Crippen LogP contribution in [0.4, 0.5) is 11.9 Å². The van der Waals surface area contributed by atoms with Crippen LogP contribution in [0.25, 0.3) is 22.3 Å². The minimum atomic E-state index is -4.21. The van der Waals surface area contributed by atoms with Gasteiger partial charge in [0.2, 0.25) is 11.9 Å². The van der Waals surface area contributed by atoms with Gasteiger partial charge >= 0.3 is 13.4 Å². The van der Waals surface area contributed by atoms with E-state index in [1.807, 2.05) is 0 Å². The quantitative estimate of drug-likeness (QED) is 0.0968. The Labute approximate surface area is 264 Å². The van der Waals surface area contributed by atoms with Crippen LogP contribution in [0.1, 0.15) is 12.5 Å². The zero-order valence-electron chi connectivity index (χ0n) is 22.8. The highest BCUT2D eigenvalue weighted by Gasteiger charge is 2.52. The van der Waals surface area contributed by atoms with Gasteiger partial charge in [-0.05, 0) is 23.6 Å². The van der Waals surface area contributed by atoms with E-state index < -0.39 is 86.8 Å². The molecule has 248 valence electrons. The molecule has 4 aromatic heterocycles. The molecule has 3 fully saturated rings. The molecule has 10 N–H and O–H groups in total. The first-order valence-electron chi connectivity index (χ1n) is 13.1. The van der Waals surface area contributed by atoms with Crippen LogP contribution in [0, 0.1) is 0 Å². The Balaban J connectivity index is 1.18. The molecule has 3 saturated heterocycles. The number of nitrogens with zero attached hydrogens (tertiary/aromatic N) is 6. The average molecular weight is 723 g/mol. The molecule has 7 heterocycles. The Morgan fingerprint density at radius 3 is 1.57 bits per heavy atom. The van der Waals surface area contributed by atoms with Gasteiger partial charge in [0.15, 0.2) is 34.8 Å². The maximum atomic E-state index is 12.3. The zero-order chi connectivity index (χ0) is 32.7. The first-order chi connectivity index (χ1) is 21.7. The lowest BCUT2D eigenvalue weighted by Gasteiger charge is -2.30. The fraction of sp³-hybridized carbons (Fsp3) is 0.500. The molecule has 2 unspecified atom stereocenters. The molecule has 7 rings (SSSR count). The predicted molar refractivity (Wildman–Crippen MR) is 160 cm³/mol. The molecule has 0 aliphatic carbocycles. The second-order valence-corrected chi connectivity index (χ2v) is 15.9. The summed E-state index contributed by atoms with van der Waals surface area (Å²) in [6.07, 6.45) is -8.84. The van der Waals surface area contributed by atoms with Crippen molar-refractivity contribution in [3.8, 4) is 0 Å². The highest BCUT2D eigenvalue weighted by molar-refractivity contribution is 8.07. The summed E-state index contributed by atoms with van der Waals surface area (Å²) in [5, 5.41) is 22.5. The largest absolute Gasteiger partial charge is 0.386 e. The third-order valence-electron chi connectivity index (χ3n) is 7.38. The number of aromatic amines is 2. The molecule has 3 aliphatic rings. The van der Waals surface area contributed by atoms with Gasteiger partial charge in [0.05, 0.1) is 25.9 Å². The van der Waals surface area contributed by atoms with Crippen LogP contribution in [0.5, 0.6) is 0 Å². The maximum Gasteiger partial charge on any atom is 0.325 e. The normalized spacial score (nSPS) is 37.1. The highest BCUT2D eigenvalue weighted by Crippen LogP contribution is 2.54. The first kappa shape index (κ1) is 31.8. The summed E-state index contributed by atoms with van der Waals surface area (Å²) in [4.78, 5) is 67.3. The standard InChI is InChI=1S/C20H24N10O12P2S2/c21-19-25-13-7(15(33)27-19)23-3-29(13)17-9(31)11-5(39-17)1-37-43(35,45)42-12-6(2-38-44(36,46)41-11)40-18(10(12)32)30-4-24-8-14(30)26-20(22)28-16(8)34/h3-6,9-12,17-18,31-32H,1-2H2,(H,35,45)(H,36,46)(H3,21,25,27,33)(H3,22,26,28,34)/t5-,6-,9-,10-,11-,12-,17-,18-,43?,44?/m1/s1. The van der Waals surface area contributed by atoms with Gasteiger partial charge in [-0.3, -0.25) is 37.7 Å². The van der Waals surface area contributed by atoms with Crippen molar-refractivity contribution in [1.82, 2.24) is 39.0 Å². The Kier molecular flexibility index (Phi) is 7.89. The third kappa shape index (κ3) is 5.58. The lowest BCUT2D eigenvalue weighted by Crippen LogP contribution is -2.39. The Hall–Kier alpha value is -2.80. The highest BCUT2D eigenvalue weighted by atomic mass is 32.5. The number of nitrogen functional groups attached to an aromatic ring is 2. The second-order valence-electron chi connectivity index (χ2n) is 10.3. The van der Waals surface area contributed by atoms with E-state index in [2.05, 4.69) is 29.9 Å². The van der Waals surface area contributed by atoms with Gasteiger partial charge in [-0.25, -0.2) is 9.97 Å². The smallest absolute Gasteiger partial charge is 0.325 e. The summed E-state index contributed by atoms with van der Waals surface area (Å²) >= 11 is 10.4. The number of anilines is 2. The van der Waals surface area contributed by atoms with E-state index in [9.17, 15) is 29.6 Å². The Morgan fingerprint density at radius 2 is 1.17 bits per heavy atom. The Bertz CT molecular complexity index is 1910. The van der Waals surface area contributed by atoms with Crippen LogP contribution < -0.4 is 22.6 Å². The second kappa shape index (κ2) is 11.4. The van der Waals surface area contributed by atoms with E-state index in [-0.39, 0.29) is 34.2 Å². The fourth-order valence-electron chi connectivity index (χ4n) is 5.39. The molecule has 0 amide bonds. The van der Waals surface area contributed by atoms with Crippen molar-refractivity contribution < 1.29 is 47.6 Å². The van der Waals surface area contributed by atoms with Crippen LogP contribution in [0.3, 0.4) is 0 Å². The minimum Gasteiger partial charge on any atom is -0.386 e. The monoisotopic (exact) mass is 722 g/mol. The van der Waals surface area contributed by atoms with E-state index in [0.29, 0.717) is 0 Å². The summed E-state index contributed by atoms with van der Waals surface area (Å²) in [6, 6.07) is 0. The summed E-state index contributed by atoms with van der Waals surface area (Å²) in [5.41, 5.74) is 9.84. The van der Waals surface area contributed by atoms with E-state index in [0.717, 1.165) is 0 Å². The van der Waals surface area contributed by atoms with E-state index in [1.165, 1.54) is 21.8 Å². The molecule has 0 radical (unpaired) electrons. The van der Waals surface area contributed by atoms with Crippen LogP contribution in [0.15, 0.2) is 22.2 Å². The molecule has 26 heteroatoms. The van der Waals surface area contributed by atoms with Crippen LogP contribution in [-0.4, -0.2) is 109 Å². The van der Waals surface area contributed by atoms with Gasteiger partial charge in [-0.15, -0.1) is 0 Å². The number of ether oxygens (including phenoxy) is 2. The number of hydrogen-bond donors (Lipinski definition) is 8. The maximum absolute atomic E-state index is 12.3. The molecule has 0 saturated carbocycles. The van der Waals surface area contributed by atoms with Crippen molar-refractivity contribution >= 4 is 71.3 Å². The molecule has 0 aromatic carbocycles. The third-order valence-corrected chi connectivity index (χ3v) is 10.5. The number of fused-ring (bicyclic) bond motifs is 4. The minimum absolute atomic E-state index is 0.0273. The molecular formula is C20H24N10O12P2S2. The van der Waals surface area contributed by atoms with Crippen molar-refractivity contribution in [1.29, 1.82) is 0 Å². The number of rotatable bonds is 2. The van der Waals surface area contributed by atoms with E-state index >= 15 is 0 Å². The SMILES string of the molecule is Nc1nc2c(ncn2[C@@H]2O[C@@H]3COP(O)(=S)O[C@H]4[C@@H](O)[C@H](n5cnc6c(=O)[nH]c(N)nc65)O[C@@H]4COP(O)(=S)O[C@H]3[C@H]2O)c(=O)[nH]1. The summed E-state index contributed by atoms with van der Waals surface area (Å²) in [7, 11) is 0. The molecular weight excluding hydrogens is 698 g/mol.